The van der Waals surface area contributed by atoms with Gasteiger partial charge in [-0.3, -0.25) is 14.4 Å². The Kier molecular flexibility index (Phi) is 5.57. The lowest BCUT2D eigenvalue weighted by Gasteiger charge is -2.37. The molecule has 5 rings (SSSR count). The molecule has 0 radical (unpaired) electrons. The zero-order valence-electron chi connectivity index (χ0n) is 18.5. The van der Waals surface area contributed by atoms with E-state index in [9.17, 15) is 14.4 Å². The number of carbonyl (C=O) groups is 2. The maximum absolute atomic E-state index is 13.4. The largest absolute Gasteiger partial charge is 0.336 e. The van der Waals surface area contributed by atoms with Gasteiger partial charge in [0.25, 0.3) is 5.56 Å². The summed E-state index contributed by atoms with van der Waals surface area (Å²) in [6.45, 7) is 3.57. The lowest BCUT2D eigenvalue weighted by Crippen LogP contribution is -2.43. The molecule has 1 aliphatic carbocycles. The topological polar surface area (TPSA) is 86.4 Å². The molecule has 7 heteroatoms. The predicted octanol–water partition coefficient (Wildman–Crippen LogP) is 2.92. The highest BCUT2D eigenvalue weighted by atomic mass is 16.2. The Morgan fingerprint density at radius 3 is 2.62 bits per heavy atom. The molecule has 0 spiro atoms. The molecular formula is C25H30N4O3. The quantitative estimate of drug-likeness (QED) is 0.802. The number of hydrogen-bond acceptors (Lipinski definition) is 4. The van der Waals surface area contributed by atoms with Crippen molar-refractivity contribution in [3.8, 4) is 0 Å². The number of benzene rings is 1. The van der Waals surface area contributed by atoms with E-state index in [2.05, 4.69) is 4.98 Å². The van der Waals surface area contributed by atoms with Crippen LogP contribution in [-0.4, -0.2) is 44.7 Å². The maximum atomic E-state index is 13.4. The Morgan fingerprint density at radius 2 is 1.88 bits per heavy atom. The van der Waals surface area contributed by atoms with E-state index >= 15 is 0 Å². The molecule has 2 aliphatic heterocycles. The highest BCUT2D eigenvalue weighted by Gasteiger charge is 2.37. The van der Waals surface area contributed by atoms with Gasteiger partial charge in [-0.05, 0) is 51.0 Å². The SMILES string of the molecule is C[C@@H](C(=O)N1CCCC[C@@H]1c1nc2c(c(=O)[nH]1)CCN(C(=O)C1CC1)C2)c1ccccc1. The van der Waals surface area contributed by atoms with Gasteiger partial charge in [0, 0.05) is 24.6 Å². The number of likely N-dealkylation sites (tertiary alicyclic amines) is 1. The molecule has 0 bridgehead atoms. The Balaban J connectivity index is 1.42. The highest BCUT2D eigenvalue weighted by molar-refractivity contribution is 5.84. The van der Waals surface area contributed by atoms with E-state index in [-0.39, 0.29) is 35.3 Å². The number of hydrogen-bond donors (Lipinski definition) is 1. The fourth-order valence-electron chi connectivity index (χ4n) is 5.01. The smallest absolute Gasteiger partial charge is 0.254 e. The lowest BCUT2D eigenvalue weighted by atomic mass is 9.95. The molecule has 1 N–H and O–H groups in total. The number of amides is 2. The van der Waals surface area contributed by atoms with Crippen molar-refractivity contribution < 1.29 is 9.59 Å². The Hall–Kier alpha value is -2.96. The van der Waals surface area contributed by atoms with Gasteiger partial charge in [0.15, 0.2) is 0 Å². The first-order valence-electron chi connectivity index (χ1n) is 11.8. The van der Waals surface area contributed by atoms with Crippen molar-refractivity contribution >= 4 is 11.8 Å². The third-order valence-electron chi connectivity index (χ3n) is 7.10. The van der Waals surface area contributed by atoms with E-state index in [1.54, 1.807) is 0 Å². The van der Waals surface area contributed by atoms with Gasteiger partial charge in [0.1, 0.15) is 5.82 Å². The van der Waals surface area contributed by atoms with Gasteiger partial charge >= 0.3 is 0 Å². The highest BCUT2D eigenvalue weighted by Crippen LogP contribution is 2.34. The normalized spacial score (nSPS) is 21.7. The number of rotatable bonds is 4. The number of carbonyl (C=O) groups excluding carboxylic acids is 2. The molecule has 1 saturated carbocycles. The van der Waals surface area contributed by atoms with Crippen molar-refractivity contribution in [2.24, 2.45) is 5.92 Å². The van der Waals surface area contributed by atoms with Crippen LogP contribution in [0.1, 0.15) is 73.6 Å². The summed E-state index contributed by atoms with van der Waals surface area (Å²) >= 11 is 0. The minimum absolute atomic E-state index is 0.0619. The summed E-state index contributed by atoms with van der Waals surface area (Å²) in [4.78, 5) is 50.4. The summed E-state index contributed by atoms with van der Waals surface area (Å²) in [6.07, 6.45) is 5.18. The van der Waals surface area contributed by atoms with Crippen LogP contribution in [0, 0.1) is 5.92 Å². The molecule has 1 aromatic carbocycles. The van der Waals surface area contributed by atoms with Crippen molar-refractivity contribution in [2.75, 3.05) is 13.1 Å². The minimum Gasteiger partial charge on any atom is -0.336 e. The van der Waals surface area contributed by atoms with E-state index < -0.39 is 0 Å². The van der Waals surface area contributed by atoms with Crippen molar-refractivity contribution in [1.29, 1.82) is 0 Å². The van der Waals surface area contributed by atoms with Crippen LogP contribution in [0.5, 0.6) is 0 Å². The summed E-state index contributed by atoms with van der Waals surface area (Å²) < 4.78 is 0. The van der Waals surface area contributed by atoms with Crippen molar-refractivity contribution in [1.82, 2.24) is 19.8 Å². The van der Waals surface area contributed by atoms with E-state index in [4.69, 9.17) is 4.98 Å². The molecule has 3 aliphatic rings. The fraction of sp³-hybridized carbons (Fsp3) is 0.520. The Labute approximate surface area is 187 Å². The number of nitrogens with one attached hydrogen (secondary N) is 1. The van der Waals surface area contributed by atoms with Gasteiger partial charge in [-0.1, -0.05) is 30.3 Å². The lowest BCUT2D eigenvalue weighted by molar-refractivity contribution is -0.136. The van der Waals surface area contributed by atoms with Crippen molar-refractivity contribution in [3.63, 3.8) is 0 Å². The van der Waals surface area contributed by atoms with Crippen LogP contribution in [0.3, 0.4) is 0 Å². The van der Waals surface area contributed by atoms with Gasteiger partial charge in [-0.15, -0.1) is 0 Å². The van der Waals surface area contributed by atoms with E-state index in [1.807, 2.05) is 47.1 Å². The fourth-order valence-corrected chi connectivity index (χ4v) is 5.01. The van der Waals surface area contributed by atoms with Gasteiger partial charge in [-0.25, -0.2) is 4.98 Å². The van der Waals surface area contributed by atoms with Gasteiger partial charge in [0.05, 0.1) is 24.2 Å². The molecule has 168 valence electrons. The Morgan fingerprint density at radius 1 is 1.09 bits per heavy atom. The molecule has 3 heterocycles. The molecule has 2 amide bonds. The zero-order valence-corrected chi connectivity index (χ0v) is 18.5. The molecule has 2 atom stereocenters. The average Bonchev–Trinajstić information content (AvgIpc) is 3.68. The van der Waals surface area contributed by atoms with E-state index in [0.29, 0.717) is 43.1 Å². The molecule has 32 heavy (non-hydrogen) atoms. The molecule has 2 aromatic rings. The summed E-state index contributed by atoms with van der Waals surface area (Å²) in [5.41, 5.74) is 2.23. The van der Waals surface area contributed by atoms with Crippen LogP contribution in [0.2, 0.25) is 0 Å². The van der Waals surface area contributed by atoms with E-state index in [1.165, 1.54) is 0 Å². The standard InChI is InChI=1S/C25H30N4O3/c1-16(17-7-3-2-4-8-17)24(31)29-13-6-5-9-21(29)22-26-20-15-28(25(32)18-10-11-18)14-12-19(20)23(30)27-22/h2-4,7-8,16,18,21H,5-6,9-15H2,1H3,(H,26,27,30)/t16-,21-/m1/s1. The second-order valence-electron chi connectivity index (χ2n) is 9.34. The van der Waals surface area contributed by atoms with Crippen LogP contribution in [0.25, 0.3) is 0 Å². The second kappa shape index (κ2) is 8.52. The summed E-state index contributed by atoms with van der Waals surface area (Å²) in [5.74, 6) is 0.705. The zero-order chi connectivity index (χ0) is 22.2. The van der Waals surface area contributed by atoms with Crippen LogP contribution < -0.4 is 5.56 Å². The van der Waals surface area contributed by atoms with E-state index in [0.717, 1.165) is 37.7 Å². The molecule has 7 nitrogen and oxygen atoms in total. The monoisotopic (exact) mass is 434 g/mol. The summed E-state index contributed by atoms with van der Waals surface area (Å²) in [6, 6.07) is 9.56. The first kappa shape index (κ1) is 20.9. The van der Waals surface area contributed by atoms with Gasteiger partial charge in [0.2, 0.25) is 11.8 Å². The number of nitrogens with zero attached hydrogens (tertiary/aromatic N) is 3. The first-order chi connectivity index (χ1) is 15.5. The molecule has 2 fully saturated rings. The summed E-state index contributed by atoms with van der Waals surface area (Å²) in [7, 11) is 0. The van der Waals surface area contributed by atoms with Crippen LogP contribution in [-0.2, 0) is 22.6 Å². The molecular weight excluding hydrogens is 404 g/mol. The summed E-state index contributed by atoms with van der Waals surface area (Å²) in [5, 5.41) is 0. The number of aromatic nitrogens is 2. The Bertz CT molecular complexity index is 1080. The van der Waals surface area contributed by atoms with Gasteiger partial charge in [-0.2, -0.15) is 0 Å². The maximum Gasteiger partial charge on any atom is 0.254 e. The van der Waals surface area contributed by atoms with Crippen LogP contribution in [0.4, 0.5) is 0 Å². The number of H-pyrrole nitrogens is 1. The number of aromatic amines is 1. The second-order valence-corrected chi connectivity index (χ2v) is 9.34. The predicted molar refractivity (Wildman–Crippen MR) is 120 cm³/mol. The van der Waals surface area contributed by atoms with Crippen molar-refractivity contribution in [2.45, 2.75) is 64.0 Å². The number of fused-ring (bicyclic) bond motifs is 1. The third kappa shape index (κ3) is 3.96. The molecule has 1 aromatic heterocycles. The van der Waals surface area contributed by atoms with Gasteiger partial charge < -0.3 is 14.8 Å². The number of piperidine rings is 1. The van der Waals surface area contributed by atoms with Crippen molar-refractivity contribution in [3.05, 3.63) is 63.3 Å². The molecule has 0 unspecified atom stereocenters. The average molecular weight is 435 g/mol. The van der Waals surface area contributed by atoms with Crippen LogP contribution in [0.15, 0.2) is 35.1 Å². The third-order valence-corrected chi connectivity index (χ3v) is 7.10. The minimum atomic E-state index is -0.257. The molecule has 1 saturated heterocycles. The first-order valence-corrected chi connectivity index (χ1v) is 11.8. The van der Waals surface area contributed by atoms with Crippen LogP contribution >= 0.6 is 0 Å².